The van der Waals surface area contributed by atoms with Gasteiger partial charge in [0, 0.05) is 19.2 Å². The molecule has 0 saturated carbocycles. The number of halogens is 2. The van der Waals surface area contributed by atoms with Crippen molar-refractivity contribution in [3.63, 3.8) is 0 Å². The molecule has 1 heterocycles. The summed E-state index contributed by atoms with van der Waals surface area (Å²) in [6.45, 7) is 0.335. The third-order valence-corrected chi connectivity index (χ3v) is 3.22. The Bertz CT molecular complexity index is 614. The van der Waals surface area contributed by atoms with Gasteiger partial charge in [0.15, 0.2) is 0 Å². The van der Waals surface area contributed by atoms with E-state index in [2.05, 4.69) is 25.9 Å². The first-order valence-electron chi connectivity index (χ1n) is 5.27. The number of benzene rings is 1. The summed E-state index contributed by atoms with van der Waals surface area (Å²) < 4.78 is 13.9. The molecule has 1 aromatic carbocycles. The van der Waals surface area contributed by atoms with Crippen molar-refractivity contribution in [1.82, 2.24) is 9.97 Å². The van der Waals surface area contributed by atoms with Crippen LogP contribution in [0.25, 0.3) is 0 Å². The molecule has 2 aromatic rings. The van der Waals surface area contributed by atoms with E-state index >= 15 is 0 Å². The SMILES string of the molecule is CN(Cc1ccccc1F)c1nc[nH]c(=O)c1Br. The second kappa shape index (κ2) is 5.30. The minimum absolute atomic E-state index is 0.264. The van der Waals surface area contributed by atoms with E-state index in [1.807, 2.05) is 0 Å². The summed E-state index contributed by atoms with van der Waals surface area (Å²) in [5.41, 5.74) is 0.286. The van der Waals surface area contributed by atoms with Crippen molar-refractivity contribution in [2.75, 3.05) is 11.9 Å². The fraction of sp³-hybridized carbons (Fsp3) is 0.167. The van der Waals surface area contributed by atoms with Crippen LogP contribution in [0.1, 0.15) is 5.56 Å². The molecular weight excluding hydrogens is 301 g/mol. The van der Waals surface area contributed by atoms with E-state index < -0.39 is 0 Å². The molecule has 0 aliphatic carbocycles. The van der Waals surface area contributed by atoms with E-state index in [0.717, 1.165) is 0 Å². The summed E-state index contributed by atoms with van der Waals surface area (Å²) in [7, 11) is 1.75. The summed E-state index contributed by atoms with van der Waals surface area (Å²) in [5, 5.41) is 0. The first-order valence-corrected chi connectivity index (χ1v) is 6.06. The van der Waals surface area contributed by atoms with Gasteiger partial charge in [0.2, 0.25) is 0 Å². The Hall–Kier alpha value is -1.69. The molecule has 1 aromatic heterocycles. The number of hydrogen-bond donors (Lipinski definition) is 1. The fourth-order valence-corrected chi connectivity index (χ4v) is 2.12. The molecule has 0 amide bonds. The van der Waals surface area contributed by atoms with Gasteiger partial charge in [-0.3, -0.25) is 4.79 Å². The zero-order valence-corrected chi connectivity index (χ0v) is 11.2. The quantitative estimate of drug-likeness (QED) is 0.946. The first kappa shape index (κ1) is 12.8. The molecule has 1 N–H and O–H groups in total. The van der Waals surface area contributed by atoms with Gasteiger partial charge >= 0.3 is 0 Å². The van der Waals surface area contributed by atoms with Crippen LogP contribution >= 0.6 is 15.9 Å². The summed E-state index contributed by atoms with van der Waals surface area (Å²) in [6, 6.07) is 6.52. The molecule has 4 nitrogen and oxygen atoms in total. The van der Waals surface area contributed by atoms with Crippen molar-refractivity contribution in [1.29, 1.82) is 0 Å². The third kappa shape index (κ3) is 2.59. The minimum atomic E-state index is -0.273. The minimum Gasteiger partial charge on any atom is -0.354 e. The highest BCUT2D eigenvalue weighted by Crippen LogP contribution is 2.20. The number of anilines is 1. The molecule has 0 fully saturated rings. The molecule has 0 atom stereocenters. The van der Waals surface area contributed by atoms with Crippen LogP contribution in [0.15, 0.2) is 39.9 Å². The lowest BCUT2D eigenvalue weighted by molar-refractivity contribution is 0.607. The Morgan fingerprint density at radius 3 is 2.89 bits per heavy atom. The maximum Gasteiger partial charge on any atom is 0.267 e. The first-order chi connectivity index (χ1) is 8.59. The van der Waals surface area contributed by atoms with Crippen molar-refractivity contribution in [2.24, 2.45) is 0 Å². The number of aromatic nitrogens is 2. The number of rotatable bonds is 3. The van der Waals surface area contributed by atoms with Gasteiger partial charge in [0.25, 0.3) is 5.56 Å². The Morgan fingerprint density at radius 1 is 1.44 bits per heavy atom. The van der Waals surface area contributed by atoms with E-state index in [9.17, 15) is 9.18 Å². The predicted molar refractivity (Wildman–Crippen MR) is 71.1 cm³/mol. The topological polar surface area (TPSA) is 49.0 Å². The normalized spacial score (nSPS) is 10.4. The maximum absolute atomic E-state index is 13.5. The lowest BCUT2D eigenvalue weighted by Gasteiger charge is -2.19. The number of H-pyrrole nitrogens is 1. The van der Waals surface area contributed by atoms with E-state index in [1.54, 1.807) is 30.1 Å². The van der Waals surface area contributed by atoms with E-state index in [0.29, 0.717) is 22.4 Å². The molecule has 0 saturated heterocycles. The summed E-state index contributed by atoms with van der Waals surface area (Å²) >= 11 is 3.17. The summed E-state index contributed by atoms with van der Waals surface area (Å²) in [5.74, 6) is 0.201. The van der Waals surface area contributed by atoms with Gasteiger partial charge < -0.3 is 9.88 Å². The Labute approximate surface area is 112 Å². The fourth-order valence-electron chi connectivity index (χ4n) is 1.60. The van der Waals surface area contributed by atoms with Crippen molar-refractivity contribution in [3.05, 3.63) is 56.8 Å². The van der Waals surface area contributed by atoms with Crippen molar-refractivity contribution in [3.8, 4) is 0 Å². The second-order valence-electron chi connectivity index (χ2n) is 3.82. The largest absolute Gasteiger partial charge is 0.354 e. The highest BCUT2D eigenvalue weighted by atomic mass is 79.9. The van der Waals surface area contributed by atoms with Gasteiger partial charge in [-0.1, -0.05) is 18.2 Å². The van der Waals surface area contributed by atoms with E-state index in [4.69, 9.17) is 0 Å². The number of aromatic amines is 1. The van der Waals surface area contributed by atoms with E-state index in [-0.39, 0.29) is 11.4 Å². The molecule has 0 bridgehead atoms. The van der Waals surface area contributed by atoms with Crippen LogP contribution in [0.5, 0.6) is 0 Å². The van der Waals surface area contributed by atoms with Gasteiger partial charge in [0.05, 0.1) is 6.33 Å². The predicted octanol–water partition coefficient (Wildman–Crippen LogP) is 2.31. The zero-order valence-electron chi connectivity index (χ0n) is 9.65. The molecule has 94 valence electrons. The van der Waals surface area contributed by atoms with Crippen LogP contribution in [0, 0.1) is 5.82 Å². The lowest BCUT2D eigenvalue weighted by Crippen LogP contribution is -2.22. The summed E-state index contributed by atoms with van der Waals surface area (Å²) in [4.78, 5) is 19.6. The van der Waals surface area contributed by atoms with Crippen LogP contribution in [0.4, 0.5) is 10.2 Å². The average molecular weight is 312 g/mol. The Morgan fingerprint density at radius 2 is 2.17 bits per heavy atom. The van der Waals surface area contributed by atoms with Gasteiger partial charge in [-0.2, -0.15) is 0 Å². The lowest BCUT2D eigenvalue weighted by atomic mass is 10.2. The number of hydrogen-bond acceptors (Lipinski definition) is 3. The number of nitrogens with zero attached hydrogens (tertiary/aromatic N) is 2. The van der Waals surface area contributed by atoms with Crippen molar-refractivity contribution < 1.29 is 4.39 Å². The van der Waals surface area contributed by atoms with Gasteiger partial charge in [-0.05, 0) is 22.0 Å². The Kier molecular flexibility index (Phi) is 3.76. The highest BCUT2D eigenvalue weighted by molar-refractivity contribution is 9.10. The average Bonchev–Trinajstić information content (AvgIpc) is 2.35. The van der Waals surface area contributed by atoms with E-state index in [1.165, 1.54) is 12.4 Å². The summed E-state index contributed by atoms with van der Waals surface area (Å²) in [6.07, 6.45) is 1.32. The Balaban J connectivity index is 2.28. The molecule has 0 aliphatic rings. The standard InChI is InChI=1S/C12H11BrFN3O/c1-17(6-8-4-2-3-5-9(8)14)11-10(13)12(18)16-7-15-11/h2-5,7H,6H2,1H3,(H,15,16,18). The molecular formula is C12H11BrFN3O. The van der Waals surface area contributed by atoms with Crippen LogP contribution in [0.2, 0.25) is 0 Å². The van der Waals surface area contributed by atoms with Crippen molar-refractivity contribution >= 4 is 21.7 Å². The molecule has 0 radical (unpaired) electrons. The van der Waals surface area contributed by atoms with Crippen LogP contribution < -0.4 is 10.5 Å². The van der Waals surface area contributed by atoms with Crippen LogP contribution in [0.3, 0.4) is 0 Å². The second-order valence-corrected chi connectivity index (χ2v) is 4.61. The van der Waals surface area contributed by atoms with Crippen molar-refractivity contribution in [2.45, 2.75) is 6.54 Å². The smallest absolute Gasteiger partial charge is 0.267 e. The molecule has 18 heavy (non-hydrogen) atoms. The maximum atomic E-state index is 13.5. The monoisotopic (exact) mass is 311 g/mol. The molecule has 0 spiro atoms. The van der Waals surface area contributed by atoms with Gasteiger partial charge in [0.1, 0.15) is 16.1 Å². The zero-order chi connectivity index (χ0) is 13.1. The van der Waals surface area contributed by atoms with Crippen LogP contribution in [-0.4, -0.2) is 17.0 Å². The van der Waals surface area contributed by atoms with Gasteiger partial charge in [-0.25, -0.2) is 9.37 Å². The molecule has 6 heteroatoms. The molecule has 0 unspecified atom stereocenters. The van der Waals surface area contributed by atoms with Crippen LogP contribution in [-0.2, 0) is 6.54 Å². The van der Waals surface area contributed by atoms with Gasteiger partial charge in [-0.15, -0.1) is 0 Å². The number of nitrogens with one attached hydrogen (secondary N) is 1. The molecule has 2 rings (SSSR count). The third-order valence-electron chi connectivity index (χ3n) is 2.51. The highest BCUT2D eigenvalue weighted by Gasteiger charge is 2.12. The molecule has 0 aliphatic heterocycles.